The summed E-state index contributed by atoms with van der Waals surface area (Å²) in [6.45, 7) is 5.56. The minimum Gasteiger partial charge on any atom is -0.481 e. The molecule has 176 valence electrons. The summed E-state index contributed by atoms with van der Waals surface area (Å²) in [5.41, 5.74) is 1.50. The number of rotatable bonds is 10. The largest absolute Gasteiger partial charge is 0.481 e. The molecular weight excluding hydrogens is 444 g/mol. The van der Waals surface area contributed by atoms with Gasteiger partial charge in [-0.3, -0.25) is 14.9 Å². The van der Waals surface area contributed by atoms with Crippen LogP contribution < -0.4 is 4.74 Å². The van der Waals surface area contributed by atoms with Crippen LogP contribution in [0.3, 0.4) is 0 Å². The average Bonchev–Trinajstić information content (AvgIpc) is 2.83. The van der Waals surface area contributed by atoms with Crippen LogP contribution in [-0.4, -0.2) is 68.7 Å². The van der Waals surface area contributed by atoms with Gasteiger partial charge in [0, 0.05) is 19.6 Å². The van der Waals surface area contributed by atoms with E-state index in [-0.39, 0.29) is 17.9 Å². The van der Waals surface area contributed by atoms with Gasteiger partial charge in [0.1, 0.15) is 12.4 Å². The molecule has 1 amide bonds. The van der Waals surface area contributed by atoms with Gasteiger partial charge in [-0.25, -0.2) is 13.5 Å². The molecule has 0 spiro atoms. The topological polar surface area (TPSA) is 96.4 Å². The van der Waals surface area contributed by atoms with E-state index in [9.17, 15) is 18.4 Å². The standard InChI is InChI=1S/C24H28N2O6S/c1-2-3-13-32-22-7-9-23(10-8-22)33(29,30)18-24(26(28)19-27)21-6-4-5-20(16-21)17-25-11-14-31-15-12-25/h4-10,16,19,24,28H,11-15,17-18H2,1H3. The van der Waals surface area contributed by atoms with E-state index in [4.69, 9.17) is 9.47 Å². The molecule has 1 aliphatic heterocycles. The summed E-state index contributed by atoms with van der Waals surface area (Å²) >= 11 is 0. The second kappa shape index (κ2) is 11.8. The summed E-state index contributed by atoms with van der Waals surface area (Å²) in [5.74, 6) is 5.52. The van der Waals surface area contributed by atoms with Crippen LogP contribution in [0.1, 0.15) is 24.1 Å². The van der Waals surface area contributed by atoms with Crippen molar-refractivity contribution in [2.24, 2.45) is 0 Å². The van der Waals surface area contributed by atoms with Crippen molar-refractivity contribution in [1.29, 1.82) is 0 Å². The smallest absolute Gasteiger partial charge is 0.233 e. The van der Waals surface area contributed by atoms with Crippen molar-refractivity contribution >= 4 is 16.2 Å². The molecule has 1 heterocycles. The molecule has 0 aliphatic carbocycles. The minimum absolute atomic E-state index is 0.0743. The highest BCUT2D eigenvalue weighted by molar-refractivity contribution is 7.91. The molecule has 1 aliphatic rings. The fraction of sp³-hybridized carbons (Fsp3) is 0.375. The molecule has 1 fully saturated rings. The number of benzene rings is 2. The zero-order chi connectivity index (χ0) is 23.7. The van der Waals surface area contributed by atoms with Gasteiger partial charge in [-0.2, -0.15) is 0 Å². The first-order valence-electron chi connectivity index (χ1n) is 10.6. The molecule has 0 radical (unpaired) electrons. The Hall–Kier alpha value is -2.90. The highest BCUT2D eigenvalue weighted by Crippen LogP contribution is 2.26. The fourth-order valence-corrected chi connectivity index (χ4v) is 5.06. The fourth-order valence-electron chi connectivity index (χ4n) is 3.55. The maximum absolute atomic E-state index is 13.1. The number of nitrogens with zero attached hydrogens (tertiary/aromatic N) is 2. The quantitative estimate of drug-likeness (QED) is 0.245. The van der Waals surface area contributed by atoms with Crippen molar-refractivity contribution in [2.75, 3.05) is 38.7 Å². The van der Waals surface area contributed by atoms with Crippen LogP contribution >= 0.6 is 0 Å². The molecule has 2 aromatic carbocycles. The number of carbonyl (C=O) groups is 1. The lowest BCUT2D eigenvalue weighted by molar-refractivity contribution is -0.158. The van der Waals surface area contributed by atoms with Gasteiger partial charge in [0.05, 0.1) is 29.9 Å². The van der Waals surface area contributed by atoms with Gasteiger partial charge in [0.25, 0.3) is 0 Å². The third-order valence-corrected chi connectivity index (χ3v) is 7.07. The van der Waals surface area contributed by atoms with Crippen LogP contribution in [0.4, 0.5) is 0 Å². The number of morpholine rings is 1. The van der Waals surface area contributed by atoms with E-state index >= 15 is 0 Å². The minimum atomic E-state index is -3.82. The first-order chi connectivity index (χ1) is 15.9. The number of amides is 1. The second-order valence-electron chi connectivity index (χ2n) is 7.60. The zero-order valence-electron chi connectivity index (χ0n) is 18.5. The van der Waals surface area contributed by atoms with Crippen LogP contribution in [0.2, 0.25) is 0 Å². The van der Waals surface area contributed by atoms with Crippen LogP contribution in [0.5, 0.6) is 5.75 Å². The Bertz CT molecular complexity index is 1090. The van der Waals surface area contributed by atoms with Crippen molar-refractivity contribution in [2.45, 2.75) is 24.4 Å². The first-order valence-corrected chi connectivity index (χ1v) is 12.2. The molecule has 0 bridgehead atoms. The van der Waals surface area contributed by atoms with Crippen molar-refractivity contribution < 1.29 is 27.9 Å². The molecule has 0 aromatic heterocycles. The van der Waals surface area contributed by atoms with Gasteiger partial charge < -0.3 is 9.47 Å². The molecule has 0 saturated carbocycles. The Kier molecular flexibility index (Phi) is 8.86. The number of hydrogen-bond acceptors (Lipinski definition) is 7. The van der Waals surface area contributed by atoms with Gasteiger partial charge in [0.2, 0.25) is 6.41 Å². The van der Waals surface area contributed by atoms with Crippen LogP contribution in [-0.2, 0) is 25.9 Å². The predicted molar refractivity (Wildman–Crippen MR) is 122 cm³/mol. The summed E-state index contributed by atoms with van der Waals surface area (Å²) < 4.78 is 36.9. The maximum atomic E-state index is 13.1. The van der Waals surface area contributed by atoms with E-state index in [2.05, 4.69) is 16.7 Å². The van der Waals surface area contributed by atoms with Crippen molar-refractivity contribution in [3.8, 4) is 17.6 Å². The zero-order valence-corrected chi connectivity index (χ0v) is 19.3. The van der Waals surface area contributed by atoms with Crippen LogP contribution in [0, 0.1) is 11.8 Å². The third-order valence-electron chi connectivity index (χ3n) is 5.32. The van der Waals surface area contributed by atoms with Gasteiger partial charge in [-0.1, -0.05) is 30.2 Å². The number of ether oxygens (including phenoxy) is 2. The monoisotopic (exact) mass is 472 g/mol. The average molecular weight is 473 g/mol. The molecule has 33 heavy (non-hydrogen) atoms. The van der Waals surface area contributed by atoms with E-state index in [1.54, 1.807) is 31.2 Å². The van der Waals surface area contributed by atoms with E-state index in [0.717, 1.165) is 18.7 Å². The van der Waals surface area contributed by atoms with Crippen LogP contribution in [0.25, 0.3) is 0 Å². The van der Waals surface area contributed by atoms with Crippen LogP contribution in [0.15, 0.2) is 53.4 Å². The summed E-state index contributed by atoms with van der Waals surface area (Å²) in [6.07, 6.45) is 0.223. The Balaban J connectivity index is 1.78. The Morgan fingerprint density at radius 1 is 1.21 bits per heavy atom. The number of hydroxylamine groups is 2. The van der Waals surface area contributed by atoms with Crippen molar-refractivity contribution in [3.05, 3.63) is 59.7 Å². The summed E-state index contributed by atoms with van der Waals surface area (Å²) in [4.78, 5) is 13.7. The van der Waals surface area contributed by atoms with E-state index in [1.807, 2.05) is 12.1 Å². The Labute approximate surface area is 194 Å². The lowest BCUT2D eigenvalue weighted by Crippen LogP contribution is -2.35. The lowest BCUT2D eigenvalue weighted by atomic mass is 10.0. The normalized spacial score (nSPS) is 15.2. The number of carbonyl (C=O) groups excluding carboxylic acids is 1. The van der Waals surface area contributed by atoms with Crippen molar-refractivity contribution in [1.82, 2.24) is 9.96 Å². The highest BCUT2D eigenvalue weighted by atomic mass is 32.2. The molecule has 1 saturated heterocycles. The van der Waals surface area contributed by atoms with E-state index in [0.29, 0.717) is 36.1 Å². The molecule has 1 atom stereocenters. The Morgan fingerprint density at radius 2 is 1.94 bits per heavy atom. The first kappa shape index (κ1) is 24.7. The SMILES string of the molecule is CC#CCOc1ccc(S(=O)(=O)CC(c2cccc(CN3CCOCC3)c2)N(O)C=O)cc1. The van der Waals surface area contributed by atoms with Gasteiger partial charge >= 0.3 is 0 Å². The van der Waals surface area contributed by atoms with E-state index < -0.39 is 21.6 Å². The Morgan fingerprint density at radius 3 is 2.61 bits per heavy atom. The number of hydrogen-bond donors (Lipinski definition) is 1. The molecule has 8 nitrogen and oxygen atoms in total. The van der Waals surface area contributed by atoms with Gasteiger partial charge in [0.15, 0.2) is 9.84 Å². The van der Waals surface area contributed by atoms with E-state index in [1.165, 1.54) is 12.1 Å². The predicted octanol–water partition coefficient (Wildman–Crippen LogP) is 2.28. The molecule has 3 rings (SSSR count). The molecular formula is C24H28N2O6S. The number of sulfone groups is 1. The molecule has 1 N–H and O–H groups in total. The van der Waals surface area contributed by atoms with Gasteiger partial charge in [-0.05, 0) is 42.3 Å². The molecule has 2 aromatic rings. The highest BCUT2D eigenvalue weighted by Gasteiger charge is 2.27. The lowest BCUT2D eigenvalue weighted by Gasteiger charge is -2.27. The summed E-state index contributed by atoms with van der Waals surface area (Å²) in [6, 6.07) is 12.2. The second-order valence-corrected chi connectivity index (χ2v) is 9.64. The molecule has 9 heteroatoms. The maximum Gasteiger partial charge on any atom is 0.233 e. The third kappa shape index (κ3) is 7.04. The summed E-state index contributed by atoms with van der Waals surface area (Å²) in [5, 5.41) is 10.6. The molecule has 1 unspecified atom stereocenters. The van der Waals surface area contributed by atoms with Crippen molar-refractivity contribution in [3.63, 3.8) is 0 Å². The van der Waals surface area contributed by atoms with Gasteiger partial charge in [-0.15, -0.1) is 5.92 Å². The summed E-state index contributed by atoms with van der Waals surface area (Å²) in [7, 11) is -3.82.